The number of hydrogen-bond donors (Lipinski definition) is 2. The van der Waals surface area contributed by atoms with Gasteiger partial charge < -0.3 is 5.11 Å². The molecule has 1 rings (SSSR count). The summed E-state index contributed by atoms with van der Waals surface area (Å²) >= 11 is 0.780. The second-order valence-corrected chi connectivity index (χ2v) is 7.02. The molecule has 0 fully saturated rings. The molecule has 4 nitrogen and oxygen atoms in total. The van der Waals surface area contributed by atoms with E-state index in [-0.39, 0.29) is 35.6 Å². The van der Waals surface area contributed by atoms with Crippen LogP contribution in [0.3, 0.4) is 0 Å². The van der Waals surface area contributed by atoms with Gasteiger partial charge in [-0.1, -0.05) is 0 Å². The number of aliphatic hydroxyl groups is 1. The normalized spacial score (nSPS) is 12.9. The molecule has 0 aromatic carbocycles. The van der Waals surface area contributed by atoms with E-state index in [0.29, 0.717) is 4.88 Å². The Kier molecular flexibility index (Phi) is 5.46. The molecule has 18 heavy (non-hydrogen) atoms. The van der Waals surface area contributed by atoms with Gasteiger partial charge in [0, 0.05) is 22.6 Å². The van der Waals surface area contributed by atoms with Crippen LogP contribution in [0, 0.1) is 0 Å². The highest BCUT2D eigenvalue weighted by Crippen LogP contribution is 2.29. The van der Waals surface area contributed by atoms with Gasteiger partial charge in [0.15, 0.2) is 0 Å². The summed E-state index contributed by atoms with van der Waals surface area (Å²) < 4.78 is 60.7. The Bertz CT molecular complexity index is 483. The van der Waals surface area contributed by atoms with Crippen LogP contribution in [-0.4, -0.2) is 31.3 Å². The fraction of sp³-hybridized carbons (Fsp3) is 0.500. The maximum atomic E-state index is 11.8. The predicted molar refractivity (Wildman–Crippen MR) is 63.9 cm³/mol. The van der Waals surface area contributed by atoms with E-state index in [9.17, 15) is 21.6 Å². The third-order valence-corrected chi connectivity index (χ3v) is 5.00. The van der Waals surface area contributed by atoms with Crippen molar-refractivity contribution in [2.75, 3.05) is 12.3 Å². The molecule has 0 spiro atoms. The number of thiophene rings is 1. The first kappa shape index (κ1) is 15.8. The first-order chi connectivity index (χ1) is 8.24. The van der Waals surface area contributed by atoms with Crippen molar-refractivity contribution in [1.29, 1.82) is 0 Å². The van der Waals surface area contributed by atoms with E-state index in [1.807, 2.05) is 0 Å². The molecule has 0 saturated carbocycles. The highest BCUT2D eigenvalue weighted by Gasteiger charge is 2.27. The van der Waals surface area contributed by atoms with Crippen molar-refractivity contribution in [3.05, 3.63) is 16.3 Å². The molecular weight excluding hydrogens is 311 g/mol. The number of halogens is 3. The van der Waals surface area contributed by atoms with Gasteiger partial charge in [0.2, 0.25) is 10.0 Å². The fourth-order valence-electron chi connectivity index (χ4n) is 1.01. The number of rotatable bonds is 6. The second-order valence-electron chi connectivity index (χ2n) is 3.10. The molecule has 0 aliphatic carbocycles. The van der Waals surface area contributed by atoms with Crippen LogP contribution >= 0.6 is 23.1 Å². The Morgan fingerprint density at radius 3 is 2.61 bits per heavy atom. The van der Waals surface area contributed by atoms with Crippen LogP contribution in [0.5, 0.6) is 0 Å². The largest absolute Gasteiger partial charge is 0.441 e. The van der Waals surface area contributed by atoms with Crippen LogP contribution in [0.2, 0.25) is 0 Å². The van der Waals surface area contributed by atoms with Crippen LogP contribution in [0.1, 0.15) is 4.88 Å². The van der Waals surface area contributed by atoms with E-state index < -0.39 is 15.5 Å². The molecule has 1 aromatic heterocycles. The van der Waals surface area contributed by atoms with Crippen molar-refractivity contribution < 1.29 is 26.7 Å². The van der Waals surface area contributed by atoms with Gasteiger partial charge in [-0.25, -0.2) is 13.1 Å². The third kappa shape index (κ3) is 5.14. The molecule has 0 radical (unpaired) electrons. The van der Waals surface area contributed by atoms with Gasteiger partial charge in [-0.3, -0.25) is 0 Å². The van der Waals surface area contributed by atoms with E-state index in [4.69, 9.17) is 5.11 Å². The Hall–Kier alpha value is -0.290. The van der Waals surface area contributed by atoms with Gasteiger partial charge >= 0.3 is 5.51 Å². The number of hydrogen-bond acceptors (Lipinski definition) is 5. The lowest BCUT2D eigenvalue weighted by Gasteiger charge is -2.06. The zero-order valence-electron chi connectivity index (χ0n) is 8.90. The zero-order chi connectivity index (χ0) is 13.8. The maximum Gasteiger partial charge on any atom is 0.441 e. The Labute approximate surface area is 110 Å². The highest BCUT2D eigenvalue weighted by atomic mass is 32.2. The van der Waals surface area contributed by atoms with Crippen LogP contribution in [0.15, 0.2) is 16.3 Å². The molecule has 2 N–H and O–H groups in total. The summed E-state index contributed by atoms with van der Waals surface area (Å²) in [6.45, 7) is -0.582. The van der Waals surface area contributed by atoms with E-state index in [1.54, 1.807) is 0 Å². The summed E-state index contributed by atoms with van der Waals surface area (Å²) in [4.78, 5) is 0.425. The molecule has 0 aliphatic heterocycles. The van der Waals surface area contributed by atoms with Crippen molar-refractivity contribution in [2.24, 2.45) is 0 Å². The Morgan fingerprint density at radius 1 is 1.44 bits per heavy atom. The second kappa shape index (κ2) is 6.24. The highest BCUT2D eigenvalue weighted by molar-refractivity contribution is 8.00. The predicted octanol–water partition coefficient (Wildman–Crippen LogP) is 1.77. The lowest BCUT2D eigenvalue weighted by atomic mass is 10.5. The summed E-state index contributed by atoms with van der Waals surface area (Å²) in [7, 11) is -3.80. The maximum absolute atomic E-state index is 11.8. The van der Waals surface area contributed by atoms with Gasteiger partial charge in [-0.05, 0) is 17.8 Å². The van der Waals surface area contributed by atoms with Gasteiger partial charge in [0.25, 0.3) is 0 Å². The minimum atomic E-state index is -4.36. The topological polar surface area (TPSA) is 66.4 Å². The third-order valence-electron chi connectivity index (χ3n) is 1.76. The van der Waals surface area contributed by atoms with Crippen molar-refractivity contribution in [2.45, 2.75) is 17.0 Å². The lowest BCUT2D eigenvalue weighted by Crippen LogP contribution is -2.26. The number of aliphatic hydroxyl groups excluding tert-OH is 1. The van der Waals surface area contributed by atoms with Gasteiger partial charge in [-0.2, -0.15) is 13.2 Å². The Morgan fingerprint density at radius 2 is 2.11 bits per heavy atom. The number of sulfonamides is 1. The first-order valence-corrected chi connectivity index (χ1v) is 7.98. The molecule has 0 atom stereocenters. The van der Waals surface area contributed by atoms with E-state index in [2.05, 4.69) is 4.72 Å². The van der Waals surface area contributed by atoms with Crippen molar-refractivity contribution in [3.63, 3.8) is 0 Å². The Balaban J connectivity index is 2.50. The molecular formula is C8H10F3NO3S3. The first-order valence-electron chi connectivity index (χ1n) is 4.63. The van der Waals surface area contributed by atoms with Crippen molar-refractivity contribution in [1.82, 2.24) is 4.72 Å². The molecule has 0 saturated heterocycles. The average Bonchev–Trinajstić information content (AvgIpc) is 2.72. The quantitative estimate of drug-likeness (QED) is 0.784. The molecule has 10 heteroatoms. The van der Waals surface area contributed by atoms with Crippen LogP contribution in [0.25, 0.3) is 0 Å². The monoisotopic (exact) mass is 321 g/mol. The molecule has 0 amide bonds. The zero-order valence-corrected chi connectivity index (χ0v) is 11.3. The van der Waals surface area contributed by atoms with Crippen molar-refractivity contribution in [3.8, 4) is 0 Å². The molecule has 0 bridgehead atoms. The molecule has 1 heterocycles. The number of thioether (sulfide) groups is 1. The van der Waals surface area contributed by atoms with Gasteiger partial charge in [0.1, 0.15) is 0 Å². The van der Waals surface area contributed by atoms with Crippen molar-refractivity contribution >= 4 is 33.1 Å². The van der Waals surface area contributed by atoms with Crippen LogP contribution in [-0.2, 0) is 16.6 Å². The minimum Gasteiger partial charge on any atom is -0.391 e. The minimum absolute atomic E-state index is 0.0476. The summed E-state index contributed by atoms with van der Waals surface area (Å²) in [6, 6.07) is 1.28. The lowest BCUT2D eigenvalue weighted by molar-refractivity contribution is -0.0327. The standard InChI is InChI=1S/C8H10F3NO3S3/c9-8(10,11)17-2-1-12-18(14,15)7-3-6(4-13)16-5-7/h3,5,12-13H,1-2,4H2. The number of alkyl halides is 3. The van der Waals surface area contributed by atoms with Crippen LogP contribution in [0.4, 0.5) is 13.2 Å². The number of nitrogens with one attached hydrogen (secondary N) is 1. The SMILES string of the molecule is O=S(=O)(NCCSC(F)(F)F)c1csc(CO)c1. The van der Waals surface area contributed by atoms with Crippen LogP contribution < -0.4 is 4.72 Å². The molecule has 0 unspecified atom stereocenters. The molecule has 104 valence electrons. The average molecular weight is 321 g/mol. The fourth-order valence-corrected chi connectivity index (χ4v) is 3.74. The van der Waals surface area contributed by atoms with E-state index in [0.717, 1.165) is 11.3 Å². The summed E-state index contributed by atoms with van der Waals surface area (Å²) in [5.41, 5.74) is -4.36. The summed E-state index contributed by atoms with van der Waals surface area (Å²) in [5.74, 6) is -0.389. The summed E-state index contributed by atoms with van der Waals surface area (Å²) in [6.07, 6.45) is 0. The van der Waals surface area contributed by atoms with E-state index in [1.165, 1.54) is 11.4 Å². The molecule has 1 aromatic rings. The van der Waals surface area contributed by atoms with Gasteiger partial charge in [-0.15, -0.1) is 11.3 Å². The molecule has 0 aliphatic rings. The summed E-state index contributed by atoms with van der Waals surface area (Å²) in [5, 5.41) is 10.1. The van der Waals surface area contributed by atoms with Gasteiger partial charge in [0.05, 0.1) is 11.5 Å². The van der Waals surface area contributed by atoms with E-state index >= 15 is 0 Å². The smallest absolute Gasteiger partial charge is 0.391 e.